The monoisotopic (exact) mass is 347 g/mol. The van der Waals surface area contributed by atoms with E-state index in [1.54, 1.807) is 24.3 Å². The third-order valence-corrected chi connectivity index (χ3v) is 4.24. The van der Waals surface area contributed by atoms with Gasteiger partial charge in [-0.25, -0.2) is 4.39 Å². The molecule has 26 heavy (non-hydrogen) atoms. The molecule has 128 valence electrons. The van der Waals surface area contributed by atoms with Crippen molar-refractivity contribution in [3.05, 3.63) is 87.8 Å². The van der Waals surface area contributed by atoms with Gasteiger partial charge in [-0.3, -0.25) is 9.59 Å². The highest BCUT2D eigenvalue weighted by molar-refractivity contribution is 6.05. The van der Waals surface area contributed by atoms with Crippen molar-refractivity contribution in [3.63, 3.8) is 0 Å². The largest absolute Gasteiger partial charge is 0.455 e. The highest BCUT2D eigenvalue weighted by Crippen LogP contribution is 2.24. The summed E-state index contributed by atoms with van der Waals surface area (Å²) < 4.78 is 19.2. The molecule has 1 heterocycles. The summed E-state index contributed by atoms with van der Waals surface area (Å²) >= 11 is 0. The maximum Gasteiger partial charge on any atom is 0.255 e. The van der Waals surface area contributed by atoms with Gasteiger partial charge < -0.3 is 9.73 Å². The van der Waals surface area contributed by atoms with Crippen LogP contribution in [0.4, 0.5) is 10.1 Å². The minimum absolute atomic E-state index is 0.118. The first-order valence-corrected chi connectivity index (χ1v) is 8.06. The topological polar surface area (TPSA) is 59.3 Å². The normalized spacial score (nSPS) is 11.0. The van der Waals surface area contributed by atoms with Crippen LogP contribution in [-0.4, -0.2) is 5.91 Å². The van der Waals surface area contributed by atoms with Crippen LogP contribution in [-0.2, 0) is 0 Å². The molecule has 0 fully saturated rings. The number of nitrogens with one attached hydrogen (secondary N) is 1. The number of hydrogen-bond donors (Lipinski definition) is 1. The van der Waals surface area contributed by atoms with E-state index < -0.39 is 11.7 Å². The Hall–Kier alpha value is -3.47. The van der Waals surface area contributed by atoms with E-state index in [9.17, 15) is 14.0 Å². The van der Waals surface area contributed by atoms with Crippen LogP contribution in [0.5, 0.6) is 0 Å². The lowest BCUT2D eigenvalue weighted by molar-refractivity contribution is 0.102. The van der Waals surface area contributed by atoms with Gasteiger partial charge in [0.1, 0.15) is 17.0 Å². The van der Waals surface area contributed by atoms with E-state index in [0.717, 1.165) is 11.6 Å². The molecule has 0 atom stereocenters. The van der Waals surface area contributed by atoms with Gasteiger partial charge in [0, 0.05) is 17.3 Å². The summed E-state index contributed by atoms with van der Waals surface area (Å²) in [6.07, 6.45) is 0. The summed E-state index contributed by atoms with van der Waals surface area (Å²) in [5.41, 5.74) is 2.32. The molecular formula is C21H14FNO3. The van der Waals surface area contributed by atoms with Crippen molar-refractivity contribution in [2.45, 2.75) is 6.92 Å². The van der Waals surface area contributed by atoms with E-state index in [2.05, 4.69) is 5.32 Å². The van der Waals surface area contributed by atoms with Crippen LogP contribution in [0.1, 0.15) is 15.9 Å². The minimum atomic E-state index is -0.482. The Kier molecular flexibility index (Phi) is 3.77. The molecule has 1 amide bonds. The molecule has 0 bridgehead atoms. The first-order valence-electron chi connectivity index (χ1n) is 8.06. The number of aryl methyl sites for hydroxylation is 1. The van der Waals surface area contributed by atoms with E-state index in [4.69, 9.17) is 4.42 Å². The Morgan fingerprint density at radius 3 is 2.62 bits per heavy atom. The van der Waals surface area contributed by atoms with Gasteiger partial charge in [-0.15, -0.1) is 0 Å². The third-order valence-electron chi connectivity index (χ3n) is 4.24. The van der Waals surface area contributed by atoms with Crippen LogP contribution >= 0.6 is 0 Å². The van der Waals surface area contributed by atoms with Crippen LogP contribution in [0, 0.1) is 12.7 Å². The van der Waals surface area contributed by atoms with Crippen molar-refractivity contribution in [1.82, 2.24) is 0 Å². The molecule has 0 spiro atoms. The SMILES string of the molecule is Cc1cccc2c(=O)c3ccc(NC(=O)c4cccc(F)c4)cc3oc12. The zero-order valence-electron chi connectivity index (χ0n) is 13.9. The van der Waals surface area contributed by atoms with Gasteiger partial charge in [-0.1, -0.05) is 18.2 Å². The van der Waals surface area contributed by atoms with E-state index in [-0.39, 0.29) is 11.0 Å². The smallest absolute Gasteiger partial charge is 0.255 e. The predicted molar refractivity (Wildman–Crippen MR) is 99.1 cm³/mol. The number of amides is 1. The number of carbonyl (C=O) groups is 1. The molecule has 0 saturated carbocycles. The number of benzene rings is 3. The lowest BCUT2D eigenvalue weighted by atomic mass is 10.1. The molecule has 0 radical (unpaired) electrons. The molecular weight excluding hydrogens is 333 g/mol. The summed E-state index contributed by atoms with van der Waals surface area (Å²) in [4.78, 5) is 24.9. The Morgan fingerprint density at radius 1 is 1.00 bits per heavy atom. The van der Waals surface area contributed by atoms with Crippen LogP contribution in [0.3, 0.4) is 0 Å². The third kappa shape index (κ3) is 2.73. The van der Waals surface area contributed by atoms with Gasteiger partial charge in [-0.05, 0) is 48.9 Å². The lowest BCUT2D eigenvalue weighted by Gasteiger charge is -2.08. The predicted octanol–water partition coefficient (Wildman–Crippen LogP) is 4.65. The number of carbonyl (C=O) groups excluding carboxylic acids is 1. The second kappa shape index (κ2) is 6.11. The minimum Gasteiger partial charge on any atom is -0.455 e. The summed E-state index contributed by atoms with van der Waals surface area (Å²) in [6.45, 7) is 1.87. The first kappa shape index (κ1) is 16.0. The van der Waals surface area contributed by atoms with E-state index in [0.29, 0.717) is 27.6 Å². The molecule has 0 unspecified atom stereocenters. The Morgan fingerprint density at radius 2 is 1.81 bits per heavy atom. The molecule has 4 nitrogen and oxygen atoms in total. The summed E-state index contributed by atoms with van der Waals surface area (Å²) in [5.74, 6) is -0.924. The van der Waals surface area contributed by atoms with Crippen molar-refractivity contribution in [2.75, 3.05) is 5.32 Å². The molecule has 0 aliphatic rings. The molecule has 0 saturated heterocycles. The fraction of sp³-hybridized carbons (Fsp3) is 0.0476. The number of hydrogen-bond acceptors (Lipinski definition) is 3. The number of para-hydroxylation sites is 1. The van der Waals surface area contributed by atoms with Gasteiger partial charge in [0.15, 0.2) is 0 Å². The summed E-state index contributed by atoms with van der Waals surface area (Å²) in [7, 11) is 0. The number of fused-ring (bicyclic) bond motifs is 2. The van der Waals surface area contributed by atoms with Crippen LogP contribution < -0.4 is 10.7 Å². The van der Waals surface area contributed by atoms with Crippen molar-refractivity contribution >= 4 is 33.5 Å². The molecule has 1 aromatic heterocycles. The van der Waals surface area contributed by atoms with Crippen molar-refractivity contribution in [1.29, 1.82) is 0 Å². The Labute approximate surface area is 147 Å². The highest BCUT2D eigenvalue weighted by Gasteiger charge is 2.12. The van der Waals surface area contributed by atoms with Gasteiger partial charge in [0.2, 0.25) is 5.43 Å². The summed E-state index contributed by atoms with van der Waals surface area (Å²) in [5, 5.41) is 3.65. The zero-order chi connectivity index (χ0) is 18.3. The number of anilines is 1. The maximum atomic E-state index is 13.3. The zero-order valence-corrected chi connectivity index (χ0v) is 13.9. The molecule has 1 N–H and O–H groups in total. The summed E-state index contributed by atoms with van der Waals surface area (Å²) in [6, 6.07) is 15.7. The second-order valence-corrected chi connectivity index (χ2v) is 6.06. The van der Waals surface area contributed by atoms with E-state index in [1.807, 2.05) is 19.1 Å². The van der Waals surface area contributed by atoms with E-state index >= 15 is 0 Å². The Bertz CT molecular complexity index is 1230. The highest BCUT2D eigenvalue weighted by atomic mass is 19.1. The lowest BCUT2D eigenvalue weighted by Crippen LogP contribution is -2.12. The standard InChI is InChI=1S/C21H14FNO3/c1-12-4-2-7-17-19(24)16-9-8-15(11-18(16)26-20(12)17)23-21(25)13-5-3-6-14(22)10-13/h2-11H,1H3,(H,23,25). The molecule has 0 aliphatic carbocycles. The van der Waals surface area contributed by atoms with Crippen LogP contribution in [0.2, 0.25) is 0 Å². The van der Waals surface area contributed by atoms with Gasteiger partial charge in [-0.2, -0.15) is 0 Å². The molecule has 3 aromatic carbocycles. The molecule has 4 rings (SSSR count). The van der Waals surface area contributed by atoms with Gasteiger partial charge >= 0.3 is 0 Å². The van der Waals surface area contributed by atoms with Gasteiger partial charge in [0.25, 0.3) is 5.91 Å². The molecule has 4 aromatic rings. The first-order chi connectivity index (χ1) is 12.5. The van der Waals surface area contributed by atoms with Gasteiger partial charge in [0.05, 0.1) is 10.8 Å². The second-order valence-electron chi connectivity index (χ2n) is 6.06. The average Bonchev–Trinajstić information content (AvgIpc) is 2.63. The number of halogens is 1. The average molecular weight is 347 g/mol. The van der Waals surface area contributed by atoms with Crippen molar-refractivity contribution < 1.29 is 13.6 Å². The Balaban J connectivity index is 1.78. The van der Waals surface area contributed by atoms with Crippen molar-refractivity contribution in [3.8, 4) is 0 Å². The quantitative estimate of drug-likeness (QED) is 0.537. The van der Waals surface area contributed by atoms with Crippen LogP contribution in [0.25, 0.3) is 21.9 Å². The van der Waals surface area contributed by atoms with Crippen LogP contribution in [0.15, 0.2) is 69.9 Å². The van der Waals surface area contributed by atoms with E-state index in [1.165, 1.54) is 18.2 Å². The molecule has 5 heteroatoms. The fourth-order valence-electron chi connectivity index (χ4n) is 2.93. The maximum absolute atomic E-state index is 13.3. The molecule has 0 aliphatic heterocycles. The fourth-order valence-corrected chi connectivity index (χ4v) is 2.93. The number of rotatable bonds is 2. The van der Waals surface area contributed by atoms with Crippen molar-refractivity contribution in [2.24, 2.45) is 0 Å².